The second kappa shape index (κ2) is 10.7. The summed E-state index contributed by atoms with van der Waals surface area (Å²) in [6.45, 7) is 7.73. The molecule has 2 heterocycles. The van der Waals surface area contributed by atoms with Crippen LogP contribution >= 0.6 is 11.3 Å². The predicted octanol–water partition coefficient (Wildman–Crippen LogP) is 6.23. The van der Waals surface area contributed by atoms with Crippen LogP contribution in [0.3, 0.4) is 0 Å². The first-order valence-electron chi connectivity index (χ1n) is 12.2. The summed E-state index contributed by atoms with van der Waals surface area (Å²) >= 11 is 1.15. The third kappa shape index (κ3) is 5.36. The fourth-order valence-corrected chi connectivity index (χ4v) is 5.63. The maximum atomic E-state index is 13.5. The van der Waals surface area contributed by atoms with Crippen molar-refractivity contribution < 1.29 is 23.9 Å². The molecule has 1 aromatic carbocycles. The highest BCUT2D eigenvalue weighted by molar-refractivity contribution is 7.18. The average molecular weight is 510 g/mol. The quantitative estimate of drug-likeness (QED) is 0.390. The Morgan fingerprint density at radius 2 is 1.81 bits per heavy atom. The van der Waals surface area contributed by atoms with Gasteiger partial charge in [-0.1, -0.05) is 19.1 Å². The maximum Gasteiger partial charge on any atom is 0.348 e. The van der Waals surface area contributed by atoms with Gasteiger partial charge in [-0.2, -0.15) is 0 Å². The number of amides is 2. The second-order valence-electron chi connectivity index (χ2n) is 9.69. The summed E-state index contributed by atoms with van der Waals surface area (Å²) in [5.41, 5.74) is 2.31. The molecule has 0 spiro atoms. The minimum absolute atomic E-state index is 0.00418. The maximum absolute atomic E-state index is 13.5. The molecule has 4 rings (SSSR count). The number of oxazole rings is 1. The van der Waals surface area contributed by atoms with Gasteiger partial charge in [-0.3, -0.25) is 9.59 Å². The molecule has 36 heavy (non-hydrogen) atoms. The minimum atomic E-state index is -1.05. The number of nitrogens with one attached hydrogen (secondary N) is 1. The lowest BCUT2D eigenvalue weighted by Gasteiger charge is -2.33. The summed E-state index contributed by atoms with van der Waals surface area (Å²) in [5, 5.41) is 12.7. The predicted molar refractivity (Wildman–Crippen MR) is 140 cm³/mol. The number of rotatable bonds is 7. The van der Waals surface area contributed by atoms with Crippen LogP contribution in [0.15, 0.2) is 41.1 Å². The van der Waals surface area contributed by atoms with Crippen molar-refractivity contribution in [2.45, 2.75) is 59.4 Å². The molecular weight excluding hydrogens is 478 g/mol. The Morgan fingerprint density at radius 1 is 1.14 bits per heavy atom. The number of carboxylic acid groups (broad SMARTS) is 1. The van der Waals surface area contributed by atoms with Crippen LogP contribution in [0.1, 0.15) is 72.4 Å². The zero-order chi connectivity index (χ0) is 26.0. The van der Waals surface area contributed by atoms with Gasteiger partial charge < -0.3 is 19.7 Å². The van der Waals surface area contributed by atoms with E-state index in [0.717, 1.165) is 47.5 Å². The van der Waals surface area contributed by atoms with E-state index in [1.165, 1.54) is 6.39 Å². The lowest BCUT2D eigenvalue weighted by atomic mass is 9.82. The average Bonchev–Trinajstić information content (AvgIpc) is 3.47. The van der Waals surface area contributed by atoms with Gasteiger partial charge in [-0.15, -0.1) is 11.3 Å². The largest absolute Gasteiger partial charge is 0.477 e. The smallest absolute Gasteiger partial charge is 0.348 e. The Balaban J connectivity index is 1.59. The van der Waals surface area contributed by atoms with Crippen molar-refractivity contribution in [3.63, 3.8) is 0 Å². The van der Waals surface area contributed by atoms with E-state index in [2.05, 4.69) is 17.2 Å². The molecule has 0 unspecified atom stereocenters. The van der Waals surface area contributed by atoms with E-state index in [1.54, 1.807) is 30.0 Å². The van der Waals surface area contributed by atoms with Gasteiger partial charge >= 0.3 is 5.97 Å². The molecule has 9 heteroatoms. The van der Waals surface area contributed by atoms with Crippen molar-refractivity contribution in [1.82, 2.24) is 4.98 Å². The molecule has 1 aliphatic carbocycles. The number of carboxylic acids is 1. The Hall–Kier alpha value is -3.46. The summed E-state index contributed by atoms with van der Waals surface area (Å²) in [6, 6.07) is 8.74. The molecule has 1 aliphatic rings. The molecular formula is C27H31N3O5S. The molecule has 0 aliphatic heterocycles. The highest BCUT2D eigenvalue weighted by atomic mass is 32.1. The minimum Gasteiger partial charge on any atom is -0.477 e. The Morgan fingerprint density at radius 3 is 2.36 bits per heavy atom. The van der Waals surface area contributed by atoms with Crippen molar-refractivity contribution in [2.75, 3.05) is 10.2 Å². The first-order valence-corrected chi connectivity index (χ1v) is 13.0. The van der Waals surface area contributed by atoms with Crippen LogP contribution in [-0.2, 0) is 4.79 Å². The van der Waals surface area contributed by atoms with Crippen LogP contribution in [0.5, 0.6) is 0 Å². The fraction of sp³-hybridized carbons (Fsp3) is 0.407. The van der Waals surface area contributed by atoms with Crippen LogP contribution in [0.4, 0.5) is 11.4 Å². The molecule has 8 nitrogen and oxygen atoms in total. The third-order valence-corrected chi connectivity index (χ3v) is 7.83. The SMILES string of the molecule is Cc1ncoc1C(=O)Nc1ccc(-c2cc(N(C(=O)C3CCC(C)CC3)C(C)C)c(C(=O)O)s2)cc1. The number of anilines is 2. The lowest BCUT2D eigenvalue weighted by Crippen LogP contribution is -2.42. The van der Waals surface area contributed by atoms with Crippen molar-refractivity contribution >= 4 is 40.5 Å². The zero-order valence-corrected chi connectivity index (χ0v) is 21.7. The number of hydrogen-bond donors (Lipinski definition) is 2. The first kappa shape index (κ1) is 25.6. The van der Waals surface area contributed by atoms with Gasteiger partial charge in [0.15, 0.2) is 6.39 Å². The number of aryl methyl sites for hydroxylation is 1. The van der Waals surface area contributed by atoms with Crippen LogP contribution < -0.4 is 10.2 Å². The van der Waals surface area contributed by atoms with E-state index in [1.807, 2.05) is 26.0 Å². The molecule has 0 saturated heterocycles. The number of thiophene rings is 1. The molecule has 2 amide bonds. The van der Waals surface area contributed by atoms with E-state index in [9.17, 15) is 19.5 Å². The van der Waals surface area contributed by atoms with E-state index in [4.69, 9.17) is 4.42 Å². The molecule has 1 saturated carbocycles. The zero-order valence-electron chi connectivity index (χ0n) is 20.9. The third-order valence-electron chi connectivity index (χ3n) is 6.66. The van der Waals surface area contributed by atoms with Crippen molar-refractivity contribution in [3.05, 3.63) is 53.1 Å². The lowest BCUT2D eigenvalue weighted by molar-refractivity contribution is -0.123. The van der Waals surface area contributed by atoms with Crippen LogP contribution in [0.25, 0.3) is 10.4 Å². The van der Waals surface area contributed by atoms with E-state index in [-0.39, 0.29) is 28.5 Å². The number of nitrogens with zero attached hydrogens (tertiary/aromatic N) is 2. The van der Waals surface area contributed by atoms with Crippen LogP contribution in [0, 0.1) is 18.8 Å². The Labute approximate surface area is 214 Å². The number of carbonyl (C=O) groups excluding carboxylic acids is 2. The number of carbonyl (C=O) groups is 3. The van der Waals surface area contributed by atoms with E-state index < -0.39 is 11.9 Å². The standard InChI is InChI=1S/C27H31N3O5S/c1-15(2)30(26(32)19-7-5-16(3)6-8-19)21-13-22(36-24(21)27(33)34)18-9-11-20(12-10-18)29-25(31)23-17(4)28-14-35-23/h9-16,19H,5-8H2,1-4H3,(H,29,31)(H,33,34). The first-order chi connectivity index (χ1) is 17.2. The molecule has 2 aromatic heterocycles. The van der Waals surface area contributed by atoms with Gasteiger partial charge in [0.1, 0.15) is 4.88 Å². The fourth-order valence-electron chi connectivity index (χ4n) is 4.64. The normalized spacial score (nSPS) is 17.7. The molecule has 0 bridgehead atoms. The number of aromatic nitrogens is 1. The molecule has 3 aromatic rings. The van der Waals surface area contributed by atoms with Crippen molar-refractivity contribution in [1.29, 1.82) is 0 Å². The second-order valence-corrected chi connectivity index (χ2v) is 10.7. The molecule has 0 radical (unpaired) electrons. The number of aromatic carboxylic acids is 1. The van der Waals surface area contributed by atoms with Gasteiger partial charge in [0.25, 0.3) is 5.91 Å². The van der Waals surface area contributed by atoms with Gasteiger partial charge in [-0.05, 0) is 76.1 Å². The number of benzene rings is 1. The monoisotopic (exact) mass is 509 g/mol. The molecule has 0 atom stereocenters. The van der Waals surface area contributed by atoms with Gasteiger partial charge in [0.2, 0.25) is 11.7 Å². The molecule has 1 fully saturated rings. The summed E-state index contributed by atoms with van der Waals surface area (Å²) in [6.07, 6.45) is 4.93. The summed E-state index contributed by atoms with van der Waals surface area (Å²) in [4.78, 5) is 44.5. The summed E-state index contributed by atoms with van der Waals surface area (Å²) in [5.74, 6) is -0.750. The Kier molecular flexibility index (Phi) is 7.59. The highest BCUT2D eigenvalue weighted by Gasteiger charge is 2.33. The summed E-state index contributed by atoms with van der Waals surface area (Å²) < 4.78 is 5.13. The summed E-state index contributed by atoms with van der Waals surface area (Å²) in [7, 11) is 0. The van der Waals surface area contributed by atoms with Gasteiger partial charge in [0, 0.05) is 22.5 Å². The molecule has 190 valence electrons. The van der Waals surface area contributed by atoms with Crippen LogP contribution in [0.2, 0.25) is 0 Å². The van der Waals surface area contributed by atoms with E-state index >= 15 is 0 Å². The highest BCUT2D eigenvalue weighted by Crippen LogP contribution is 2.40. The van der Waals surface area contributed by atoms with Crippen molar-refractivity contribution in [3.8, 4) is 10.4 Å². The van der Waals surface area contributed by atoms with Crippen molar-refractivity contribution in [2.24, 2.45) is 11.8 Å². The van der Waals surface area contributed by atoms with Gasteiger partial charge in [-0.25, -0.2) is 9.78 Å². The van der Waals surface area contributed by atoms with E-state index in [0.29, 0.717) is 23.0 Å². The van der Waals surface area contributed by atoms with Gasteiger partial charge in [0.05, 0.1) is 11.4 Å². The topological polar surface area (TPSA) is 113 Å². The molecule has 2 N–H and O–H groups in total. The Bertz CT molecular complexity index is 1250. The van der Waals surface area contributed by atoms with Crippen LogP contribution in [-0.4, -0.2) is 33.9 Å². The number of hydrogen-bond acceptors (Lipinski definition) is 6.